The average molecular weight is 400 g/mol. The van der Waals surface area contributed by atoms with E-state index >= 15 is 0 Å². The Hall–Kier alpha value is -3.36. The van der Waals surface area contributed by atoms with Crippen molar-refractivity contribution < 1.29 is 9.21 Å². The summed E-state index contributed by atoms with van der Waals surface area (Å²) in [5.41, 5.74) is -1.41. The predicted molar refractivity (Wildman–Crippen MR) is 108 cm³/mol. The van der Waals surface area contributed by atoms with Crippen LogP contribution < -0.4 is 22.1 Å². The summed E-state index contributed by atoms with van der Waals surface area (Å²) in [5, 5.41) is 2.73. The van der Waals surface area contributed by atoms with Crippen molar-refractivity contribution >= 4 is 16.9 Å². The number of aromatic nitrogens is 3. The molecule has 0 atom stereocenters. The number of furan rings is 1. The van der Waals surface area contributed by atoms with Gasteiger partial charge in [-0.2, -0.15) is 0 Å². The Labute approximate surface area is 166 Å². The fraction of sp³-hybridized carbons (Fsp3) is 0.400. The van der Waals surface area contributed by atoms with Crippen LogP contribution in [0.25, 0.3) is 11.0 Å². The first kappa shape index (κ1) is 20.4. The molecule has 3 aromatic heterocycles. The van der Waals surface area contributed by atoms with Gasteiger partial charge in [-0.1, -0.05) is 13.8 Å². The SMILES string of the molecule is CCCn1c(=O)c2c(C(=O)NCc3ccco3)cc(=O)n(CCC)c2n(C)c1=O. The molecule has 9 nitrogen and oxygen atoms in total. The normalized spacial score (nSPS) is 11.1. The smallest absolute Gasteiger partial charge is 0.332 e. The molecule has 0 spiro atoms. The number of hydrogen-bond acceptors (Lipinski definition) is 5. The Kier molecular flexibility index (Phi) is 5.86. The number of hydrogen-bond donors (Lipinski definition) is 1. The van der Waals surface area contributed by atoms with E-state index in [0.717, 1.165) is 10.6 Å². The third kappa shape index (κ3) is 3.67. The molecule has 0 aliphatic heterocycles. The minimum Gasteiger partial charge on any atom is -0.467 e. The van der Waals surface area contributed by atoms with Crippen molar-refractivity contribution in [3.63, 3.8) is 0 Å². The zero-order valence-corrected chi connectivity index (χ0v) is 16.7. The van der Waals surface area contributed by atoms with E-state index in [2.05, 4.69) is 5.32 Å². The van der Waals surface area contributed by atoms with Crippen LogP contribution in [0, 0.1) is 0 Å². The van der Waals surface area contributed by atoms with Crippen LogP contribution in [0.1, 0.15) is 42.8 Å². The van der Waals surface area contributed by atoms with Crippen LogP contribution in [-0.4, -0.2) is 19.6 Å². The number of nitrogens with zero attached hydrogens (tertiary/aromatic N) is 3. The molecule has 0 fully saturated rings. The summed E-state index contributed by atoms with van der Waals surface area (Å²) >= 11 is 0. The maximum atomic E-state index is 13.2. The highest BCUT2D eigenvalue weighted by Gasteiger charge is 2.22. The summed E-state index contributed by atoms with van der Waals surface area (Å²) < 4.78 is 8.95. The number of carbonyl (C=O) groups excluding carboxylic acids is 1. The molecule has 0 bridgehead atoms. The van der Waals surface area contributed by atoms with Crippen molar-refractivity contribution in [3.8, 4) is 0 Å². The monoisotopic (exact) mass is 400 g/mol. The van der Waals surface area contributed by atoms with Crippen LogP contribution in [0.5, 0.6) is 0 Å². The van der Waals surface area contributed by atoms with Crippen LogP contribution in [0.3, 0.4) is 0 Å². The molecule has 0 unspecified atom stereocenters. The number of rotatable bonds is 7. The van der Waals surface area contributed by atoms with Crippen molar-refractivity contribution in [2.24, 2.45) is 7.05 Å². The molecular weight excluding hydrogens is 376 g/mol. The largest absolute Gasteiger partial charge is 0.467 e. The zero-order chi connectivity index (χ0) is 21.1. The fourth-order valence-corrected chi connectivity index (χ4v) is 3.40. The van der Waals surface area contributed by atoms with Crippen molar-refractivity contribution in [2.75, 3.05) is 0 Å². The van der Waals surface area contributed by atoms with E-state index < -0.39 is 22.7 Å². The van der Waals surface area contributed by atoms with Gasteiger partial charge in [-0.25, -0.2) is 4.79 Å². The van der Waals surface area contributed by atoms with Crippen LogP contribution in [0.15, 0.2) is 43.3 Å². The third-order valence-electron chi connectivity index (χ3n) is 4.72. The number of amides is 1. The van der Waals surface area contributed by atoms with E-state index in [1.807, 2.05) is 13.8 Å². The molecule has 0 aliphatic rings. The lowest BCUT2D eigenvalue weighted by atomic mass is 10.1. The van der Waals surface area contributed by atoms with Crippen LogP contribution in [-0.2, 0) is 26.7 Å². The Morgan fingerprint density at radius 1 is 1.10 bits per heavy atom. The second-order valence-corrected chi connectivity index (χ2v) is 6.81. The molecule has 9 heteroatoms. The van der Waals surface area contributed by atoms with E-state index in [-0.39, 0.29) is 29.7 Å². The molecular formula is C20H24N4O5. The predicted octanol–water partition coefficient (Wildman–Crippen LogP) is 1.20. The summed E-state index contributed by atoms with van der Waals surface area (Å²) in [6.45, 7) is 4.40. The van der Waals surface area contributed by atoms with Gasteiger partial charge in [0.25, 0.3) is 17.0 Å². The Bertz CT molecular complexity index is 1210. The number of aryl methyl sites for hydroxylation is 2. The molecule has 0 saturated heterocycles. The lowest BCUT2D eigenvalue weighted by molar-refractivity contribution is 0.0949. The lowest BCUT2D eigenvalue weighted by Crippen LogP contribution is -2.42. The summed E-state index contributed by atoms with van der Waals surface area (Å²) in [6.07, 6.45) is 2.70. The molecule has 0 aromatic carbocycles. The molecule has 3 heterocycles. The molecule has 0 saturated carbocycles. The van der Waals surface area contributed by atoms with Gasteiger partial charge in [0.1, 0.15) is 11.4 Å². The zero-order valence-electron chi connectivity index (χ0n) is 16.7. The van der Waals surface area contributed by atoms with Crippen LogP contribution in [0.4, 0.5) is 0 Å². The molecule has 1 N–H and O–H groups in total. The molecule has 0 radical (unpaired) electrons. The lowest BCUT2D eigenvalue weighted by Gasteiger charge is -2.17. The van der Waals surface area contributed by atoms with Gasteiger partial charge in [0, 0.05) is 26.2 Å². The molecule has 29 heavy (non-hydrogen) atoms. The summed E-state index contributed by atoms with van der Waals surface area (Å²) in [6, 6.07) is 4.56. The van der Waals surface area contributed by atoms with Gasteiger partial charge >= 0.3 is 5.69 Å². The maximum absolute atomic E-state index is 13.2. The average Bonchev–Trinajstić information content (AvgIpc) is 3.22. The van der Waals surface area contributed by atoms with E-state index in [1.54, 1.807) is 12.1 Å². The molecule has 3 aromatic rings. The highest BCUT2D eigenvalue weighted by Crippen LogP contribution is 2.13. The van der Waals surface area contributed by atoms with Crippen molar-refractivity contribution in [1.82, 2.24) is 19.0 Å². The van der Waals surface area contributed by atoms with Gasteiger partial charge in [0.2, 0.25) is 0 Å². The van der Waals surface area contributed by atoms with E-state index in [4.69, 9.17) is 4.42 Å². The quantitative estimate of drug-likeness (QED) is 0.641. The van der Waals surface area contributed by atoms with Crippen LogP contribution in [0.2, 0.25) is 0 Å². The third-order valence-corrected chi connectivity index (χ3v) is 4.72. The van der Waals surface area contributed by atoms with Gasteiger partial charge in [-0.15, -0.1) is 0 Å². The maximum Gasteiger partial charge on any atom is 0.332 e. The second-order valence-electron chi connectivity index (χ2n) is 6.81. The van der Waals surface area contributed by atoms with E-state index in [0.29, 0.717) is 25.1 Å². The van der Waals surface area contributed by atoms with Gasteiger partial charge < -0.3 is 9.73 Å². The molecule has 3 rings (SSSR count). The standard InChI is InChI=1S/C20H24N4O5/c1-4-8-23-15(25)11-14(17(26)21-12-13-7-6-10-29-13)16-18(23)22(3)20(28)24(9-5-2)19(16)27/h6-7,10-11H,4-5,8-9,12H2,1-3H3,(H,21,26). The number of fused-ring (bicyclic) bond motifs is 1. The highest BCUT2D eigenvalue weighted by molar-refractivity contribution is 6.05. The van der Waals surface area contributed by atoms with Crippen molar-refractivity contribution in [1.29, 1.82) is 0 Å². The first-order valence-electron chi connectivity index (χ1n) is 9.58. The van der Waals surface area contributed by atoms with Gasteiger partial charge in [-0.05, 0) is 25.0 Å². The summed E-state index contributed by atoms with van der Waals surface area (Å²) in [7, 11) is 1.51. The van der Waals surface area contributed by atoms with Gasteiger partial charge in [0.15, 0.2) is 0 Å². The molecule has 1 amide bonds. The Balaban J connectivity index is 2.28. The van der Waals surface area contributed by atoms with Gasteiger partial charge in [0.05, 0.1) is 23.8 Å². The fourth-order valence-electron chi connectivity index (χ4n) is 3.40. The molecule has 0 aliphatic carbocycles. The first-order valence-corrected chi connectivity index (χ1v) is 9.58. The summed E-state index contributed by atoms with van der Waals surface area (Å²) in [5.74, 6) is -0.0382. The van der Waals surface area contributed by atoms with Crippen molar-refractivity contribution in [3.05, 3.63) is 67.0 Å². The number of carbonyl (C=O) groups is 1. The second kappa shape index (κ2) is 8.34. The minimum absolute atomic E-state index is 0.0469. The topological polar surface area (TPSA) is 108 Å². The van der Waals surface area contributed by atoms with E-state index in [9.17, 15) is 19.2 Å². The van der Waals surface area contributed by atoms with Crippen LogP contribution >= 0.6 is 0 Å². The first-order chi connectivity index (χ1) is 13.9. The van der Waals surface area contributed by atoms with Crippen molar-refractivity contribution in [2.45, 2.75) is 46.3 Å². The number of nitrogens with one attached hydrogen (secondary N) is 1. The minimum atomic E-state index is -0.578. The summed E-state index contributed by atoms with van der Waals surface area (Å²) in [4.78, 5) is 51.4. The van der Waals surface area contributed by atoms with E-state index in [1.165, 1.54) is 22.4 Å². The Morgan fingerprint density at radius 2 is 1.79 bits per heavy atom. The Morgan fingerprint density at radius 3 is 2.41 bits per heavy atom. The molecule has 154 valence electrons. The highest BCUT2D eigenvalue weighted by atomic mass is 16.3. The van der Waals surface area contributed by atoms with Gasteiger partial charge in [-0.3, -0.25) is 28.1 Å². The number of pyridine rings is 1.